The Morgan fingerprint density at radius 3 is 1.06 bits per heavy atom. The van der Waals surface area contributed by atoms with Crippen LogP contribution in [-0.4, -0.2) is 128 Å². The monoisotopic (exact) mass is 910 g/mol. The van der Waals surface area contributed by atoms with Crippen LogP contribution in [0.3, 0.4) is 0 Å². The van der Waals surface area contributed by atoms with Crippen molar-refractivity contribution in [3.8, 4) is 143 Å². The fourth-order valence-electron chi connectivity index (χ4n) is 7.89. The Morgan fingerprint density at radius 1 is 0.262 bits per heavy atom. The molecule has 1 aliphatic heterocycles. The lowest BCUT2D eigenvalue weighted by Crippen LogP contribution is -2.35. The first-order valence-corrected chi connectivity index (χ1v) is 17.4. The summed E-state index contributed by atoms with van der Waals surface area (Å²) in [4.78, 5) is 0. The van der Waals surface area contributed by atoms with Crippen molar-refractivity contribution in [3.63, 3.8) is 0 Å². The van der Waals surface area contributed by atoms with Crippen LogP contribution < -0.4 is 15.2 Å². The van der Waals surface area contributed by atoms with Gasteiger partial charge in [-0.05, 0) is 0 Å². The number of hydrogen-bond donors (Lipinski definition) is 25. The topological polar surface area (TPSA) is 515 Å². The van der Waals surface area contributed by atoms with E-state index in [2.05, 4.69) is 0 Å². The van der Waals surface area contributed by atoms with Gasteiger partial charge in [0.15, 0.2) is 97.8 Å². The Bertz CT molecular complexity index is 3470. The first-order chi connectivity index (χ1) is 30.3. The molecule has 1 heterocycles. The molecule has 1 atom stereocenters. The standard InChI is InChI=1S/C39H26O26/c40-14-10(23(49)24(50)12-11(14)27(53)35(61)36(62)28(12)54)6-3-2(15(41)31(57)32(58)16(3)42)1(13-29(55)37(63)39(64)65-38(6)13)7-19(45)21(47)8(22(48)20(7)46)4-5-9(25(51)30(56)17(4)43)26(52)34(60)33(59)18(5)44/h15,40-64H. The van der Waals surface area contributed by atoms with E-state index in [1.54, 1.807) is 0 Å². The lowest BCUT2D eigenvalue weighted by Gasteiger charge is -2.29. The number of phenolic OH excluding ortho intramolecular Hbond substituents is 18. The number of phenols is 18. The maximum Gasteiger partial charge on any atom is 0.330 e. The molecule has 25 N–H and O–H groups in total. The molecule has 0 radical (unpaired) electrons. The number of aliphatic hydroxyl groups is 7. The lowest BCUT2D eigenvalue weighted by molar-refractivity contribution is 0.137. The molecule has 0 saturated heterocycles. The van der Waals surface area contributed by atoms with Gasteiger partial charge in [-0.15, -0.1) is 0 Å². The van der Waals surface area contributed by atoms with Crippen molar-refractivity contribution in [1.82, 2.24) is 0 Å². The SMILES string of the molecule is OC1=C(O)C(O)=c2c(c(-c3c(O)c(O)c4c(O)c(O)c(O)c(O)c4c3O)c3c(c2-c2c(O)c(O)c(-c4c(O)c(O)c(O)c5c(O)c(O)c(O)c(O)c45)c(O)c2O)C(O)C(O)=C(O)C=3O)O1. The summed E-state index contributed by atoms with van der Waals surface area (Å²) in [5.41, 5.74) is -9.81. The fraction of sp³-hybridized carbons (Fsp3) is 0.0256. The van der Waals surface area contributed by atoms with E-state index >= 15 is 0 Å². The Balaban J connectivity index is 1.64. The normalized spacial score (nSPS) is 14.9. The summed E-state index contributed by atoms with van der Waals surface area (Å²) in [5.74, 6) is -41.0. The Labute approximate surface area is 353 Å². The average molecular weight is 911 g/mol. The molecule has 0 amide bonds. The summed E-state index contributed by atoms with van der Waals surface area (Å²) >= 11 is 0. The van der Waals surface area contributed by atoms with Gasteiger partial charge in [0.1, 0.15) is 11.9 Å². The third-order valence-electron chi connectivity index (χ3n) is 10.9. The van der Waals surface area contributed by atoms with Crippen molar-refractivity contribution in [2.45, 2.75) is 6.10 Å². The van der Waals surface area contributed by atoms with Crippen LogP contribution in [0.4, 0.5) is 0 Å². The predicted octanol–water partition coefficient (Wildman–Crippen LogP) is 2.08. The van der Waals surface area contributed by atoms with Crippen LogP contribution >= 0.6 is 0 Å². The highest BCUT2D eigenvalue weighted by Crippen LogP contribution is 2.65. The molecule has 6 aromatic rings. The van der Waals surface area contributed by atoms with Gasteiger partial charge in [-0.25, -0.2) is 0 Å². The van der Waals surface area contributed by atoms with E-state index in [4.69, 9.17) is 4.74 Å². The van der Waals surface area contributed by atoms with Gasteiger partial charge in [-0.3, -0.25) is 0 Å². The van der Waals surface area contributed by atoms with Gasteiger partial charge in [0, 0.05) is 32.9 Å². The highest BCUT2D eigenvalue weighted by molar-refractivity contribution is 6.16. The summed E-state index contributed by atoms with van der Waals surface area (Å²) in [6.07, 6.45) is -2.90. The Kier molecular flexibility index (Phi) is 8.36. The first-order valence-electron chi connectivity index (χ1n) is 17.4. The number of aromatic hydroxyl groups is 18. The van der Waals surface area contributed by atoms with Crippen molar-refractivity contribution in [1.29, 1.82) is 0 Å². The van der Waals surface area contributed by atoms with E-state index in [0.29, 0.717) is 0 Å². The molecular formula is C39H26O26. The molecule has 0 aromatic heterocycles. The highest BCUT2D eigenvalue weighted by Gasteiger charge is 2.43. The molecule has 26 nitrogen and oxygen atoms in total. The molecule has 0 bridgehead atoms. The third kappa shape index (κ3) is 4.83. The number of ether oxygens (including phenoxy) is 1. The van der Waals surface area contributed by atoms with Gasteiger partial charge in [-0.2, -0.15) is 0 Å². The quantitative estimate of drug-likeness (QED) is 0.0892. The van der Waals surface area contributed by atoms with Crippen LogP contribution in [0.1, 0.15) is 11.7 Å². The average Bonchev–Trinajstić information content (AvgIpc) is 3.27. The van der Waals surface area contributed by atoms with Crippen LogP contribution in [0, 0.1) is 0 Å². The second-order valence-electron chi connectivity index (χ2n) is 14.1. The van der Waals surface area contributed by atoms with Crippen molar-refractivity contribution < 1.29 is 132 Å². The molecule has 65 heavy (non-hydrogen) atoms. The van der Waals surface area contributed by atoms with Crippen molar-refractivity contribution >= 4 is 33.1 Å². The summed E-state index contributed by atoms with van der Waals surface area (Å²) in [5, 5.41) is 267. The molecule has 1 aliphatic carbocycles. The molecule has 1 unspecified atom stereocenters. The van der Waals surface area contributed by atoms with E-state index in [9.17, 15) is 128 Å². The molecule has 0 fully saturated rings. The molecule has 0 saturated carbocycles. The lowest BCUT2D eigenvalue weighted by atomic mass is 9.80. The summed E-state index contributed by atoms with van der Waals surface area (Å²) in [6, 6.07) is 0. The van der Waals surface area contributed by atoms with Gasteiger partial charge in [0.25, 0.3) is 0 Å². The number of fused-ring (bicyclic) bond motifs is 4. The van der Waals surface area contributed by atoms with Gasteiger partial charge < -0.3 is 132 Å². The van der Waals surface area contributed by atoms with Gasteiger partial charge >= 0.3 is 5.95 Å². The summed E-state index contributed by atoms with van der Waals surface area (Å²) < 4.78 is 5.26. The second kappa shape index (κ2) is 13.0. The van der Waals surface area contributed by atoms with Crippen molar-refractivity contribution in [2.24, 2.45) is 0 Å². The summed E-state index contributed by atoms with van der Waals surface area (Å²) in [6.45, 7) is 0. The molecule has 338 valence electrons. The zero-order valence-electron chi connectivity index (χ0n) is 31.2. The predicted molar refractivity (Wildman–Crippen MR) is 209 cm³/mol. The Hall–Kier alpha value is -9.98. The fourth-order valence-corrected chi connectivity index (χ4v) is 7.89. The molecule has 2 aliphatic rings. The second-order valence-corrected chi connectivity index (χ2v) is 14.1. The molecule has 26 heteroatoms. The maximum atomic E-state index is 11.8. The highest BCUT2D eigenvalue weighted by atomic mass is 16.6. The largest absolute Gasteiger partial charge is 0.506 e. The number of rotatable bonds is 3. The minimum absolute atomic E-state index is 1.20. The van der Waals surface area contributed by atoms with Crippen molar-refractivity contribution in [2.75, 3.05) is 0 Å². The van der Waals surface area contributed by atoms with Crippen LogP contribution in [0.2, 0.25) is 0 Å². The zero-order chi connectivity index (χ0) is 48.2. The van der Waals surface area contributed by atoms with Gasteiger partial charge in [0.05, 0.1) is 38.1 Å². The first kappa shape index (κ1) is 41.7. The van der Waals surface area contributed by atoms with Crippen LogP contribution in [0.5, 0.6) is 109 Å². The Morgan fingerprint density at radius 2 is 0.585 bits per heavy atom. The number of hydrogen-bond acceptors (Lipinski definition) is 26. The third-order valence-corrected chi connectivity index (χ3v) is 10.9. The number of aliphatic hydroxyl groups excluding tert-OH is 7. The van der Waals surface area contributed by atoms with Gasteiger partial charge in [0.2, 0.25) is 34.5 Å². The van der Waals surface area contributed by atoms with Crippen molar-refractivity contribution in [3.05, 3.63) is 39.2 Å². The van der Waals surface area contributed by atoms with Gasteiger partial charge in [-0.1, -0.05) is 0 Å². The van der Waals surface area contributed by atoms with Crippen LogP contribution in [0.15, 0.2) is 23.2 Å². The molecule has 0 spiro atoms. The molecular weight excluding hydrogens is 884 g/mol. The summed E-state index contributed by atoms with van der Waals surface area (Å²) in [7, 11) is 0. The van der Waals surface area contributed by atoms with Crippen LogP contribution in [-0.2, 0) is 0 Å². The van der Waals surface area contributed by atoms with E-state index in [1.165, 1.54) is 0 Å². The van der Waals surface area contributed by atoms with E-state index < -0.39 is 221 Å². The smallest absolute Gasteiger partial charge is 0.330 e. The van der Waals surface area contributed by atoms with Crippen LogP contribution in [0.25, 0.3) is 66.4 Å². The minimum atomic E-state index is -2.90. The number of benzene rings is 6. The van der Waals surface area contributed by atoms with E-state index in [1.807, 2.05) is 0 Å². The minimum Gasteiger partial charge on any atom is -0.506 e. The zero-order valence-corrected chi connectivity index (χ0v) is 31.2. The molecule has 6 aromatic carbocycles. The molecule has 8 rings (SSSR count). The van der Waals surface area contributed by atoms with E-state index in [0.717, 1.165) is 0 Å². The van der Waals surface area contributed by atoms with E-state index in [-0.39, 0.29) is 0 Å². The maximum absolute atomic E-state index is 11.8.